The lowest BCUT2D eigenvalue weighted by Crippen LogP contribution is -1.87. The molecule has 0 aromatic carbocycles. The summed E-state index contributed by atoms with van der Waals surface area (Å²) in [5.74, 6) is 0. The fraction of sp³-hybridized carbons (Fsp3) is 0.250. The summed E-state index contributed by atoms with van der Waals surface area (Å²) in [6.07, 6.45) is 1.17. The molecule has 0 unspecified atom stereocenters. The maximum absolute atomic E-state index is 8.29. The fourth-order valence-electron chi connectivity index (χ4n) is 0.774. The molecule has 1 rings (SSSR count). The first-order valence-electron chi connectivity index (χ1n) is 3.31. The summed E-state index contributed by atoms with van der Waals surface area (Å²) in [5.41, 5.74) is 0.874. The Hall–Kier alpha value is -1.07. The summed E-state index contributed by atoms with van der Waals surface area (Å²) in [5, 5.41) is 8.77. The number of nitriles is 1. The van der Waals surface area contributed by atoms with E-state index in [9.17, 15) is 0 Å². The van der Waals surface area contributed by atoms with Crippen LogP contribution < -0.4 is 0 Å². The Morgan fingerprint density at radius 1 is 1.55 bits per heavy atom. The van der Waals surface area contributed by atoms with E-state index in [4.69, 9.17) is 16.9 Å². The molecule has 0 fully saturated rings. The third kappa shape index (κ3) is 2.57. The van der Waals surface area contributed by atoms with E-state index in [1.54, 1.807) is 6.07 Å². The average Bonchev–Trinajstić information content (AvgIpc) is 2.01. The van der Waals surface area contributed by atoms with Gasteiger partial charge in [0.1, 0.15) is 5.15 Å². The van der Waals surface area contributed by atoms with Gasteiger partial charge < -0.3 is 0 Å². The van der Waals surface area contributed by atoms with Gasteiger partial charge in [-0.25, -0.2) is 4.98 Å². The van der Waals surface area contributed by atoms with Crippen LogP contribution in [0.4, 0.5) is 0 Å². The first-order chi connectivity index (χ1) is 5.33. The summed E-state index contributed by atoms with van der Waals surface area (Å²) in [4.78, 5) is 4.03. The molecule has 0 spiro atoms. The standard InChI is InChI=1S/C8H7ClN2/c9-8-5-1-3-7(11-8)4-2-6-10/h1,3,5H,2,4H2. The van der Waals surface area contributed by atoms with Crippen molar-refractivity contribution in [3.8, 4) is 6.07 Å². The molecule has 1 aromatic heterocycles. The van der Waals surface area contributed by atoms with Gasteiger partial charge in [0.15, 0.2) is 0 Å². The molecule has 0 saturated heterocycles. The molecular formula is C8H7ClN2. The Kier molecular flexibility index (Phi) is 2.88. The number of hydrogen-bond donors (Lipinski definition) is 0. The van der Waals surface area contributed by atoms with E-state index in [0.29, 0.717) is 18.0 Å². The Bertz CT molecular complexity index is 278. The van der Waals surface area contributed by atoms with Crippen LogP contribution in [0.3, 0.4) is 0 Å². The molecule has 0 amide bonds. The smallest absolute Gasteiger partial charge is 0.129 e. The van der Waals surface area contributed by atoms with Crippen molar-refractivity contribution < 1.29 is 0 Å². The van der Waals surface area contributed by atoms with Gasteiger partial charge in [-0.15, -0.1) is 0 Å². The first-order valence-corrected chi connectivity index (χ1v) is 3.69. The van der Waals surface area contributed by atoms with Gasteiger partial charge in [0.25, 0.3) is 0 Å². The van der Waals surface area contributed by atoms with Crippen LogP contribution in [0.15, 0.2) is 18.2 Å². The van der Waals surface area contributed by atoms with Gasteiger partial charge in [-0.3, -0.25) is 0 Å². The van der Waals surface area contributed by atoms with Crippen LogP contribution in [0.5, 0.6) is 0 Å². The molecule has 0 radical (unpaired) electrons. The normalized spacial score (nSPS) is 9.09. The zero-order valence-corrected chi connectivity index (χ0v) is 6.67. The van der Waals surface area contributed by atoms with Crippen molar-refractivity contribution in [2.24, 2.45) is 0 Å². The average molecular weight is 167 g/mol. The van der Waals surface area contributed by atoms with Crippen molar-refractivity contribution in [1.82, 2.24) is 4.98 Å². The topological polar surface area (TPSA) is 36.7 Å². The highest BCUT2D eigenvalue weighted by Crippen LogP contribution is 2.06. The quantitative estimate of drug-likeness (QED) is 0.632. The van der Waals surface area contributed by atoms with Crippen molar-refractivity contribution in [2.45, 2.75) is 12.8 Å². The molecule has 1 heterocycles. The predicted molar refractivity (Wildman–Crippen MR) is 43.2 cm³/mol. The van der Waals surface area contributed by atoms with Crippen LogP contribution in [-0.4, -0.2) is 4.98 Å². The second kappa shape index (κ2) is 3.95. The highest BCUT2D eigenvalue weighted by molar-refractivity contribution is 6.29. The van der Waals surface area contributed by atoms with Crippen LogP contribution in [0, 0.1) is 11.3 Å². The lowest BCUT2D eigenvalue weighted by molar-refractivity contribution is 0.952. The van der Waals surface area contributed by atoms with Crippen LogP contribution in [-0.2, 0) is 6.42 Å². The summed E-state index contributed by atoms with van der Waals surface area (Å²) >= 11 is 5.63. The van der Waals surface area contributed by atoms with E-state index >= 15 is 0 Å². The monoisotopic (exact) mass is 166 g/mol. The fourth-order valence-corrected chi connectivity index (χ4v) is 0.955. The number of hydrogen-bond acceptors (Lipinski definition) is 2. The Labute approximate surface area is 70.4 Å². The minimum absolute atomic E-state index is 0.487. The number of aromatic nitrogens is 1. The first kappa shape index (κ1) is 8.03. The van der Waals surface area contributed by atoms with Gasteiger partial charge in [-0.1, -0.05) is 17.7 Å². The molecule has 0 aliphatic heterocycles. The van der Waals surface area contributed by atoms with Gasteiger partial charge in [-0.05, 0) is 12.1 Å². The van der Waals surface area contributed by atoms with E-state index < -0.39 is 0 Å². The maximum Gasteiger partial charge on any atom is 0.129 e. The largest absolute Gasteiger partial charge is 0.241 e. The van der Waals surface area contributed by atoms with Gasteiger partial charge in [0.2, 0.25) is 0 Å². The highest BCUT2D eigenvalue weighted by atomic mass is 35.5. The number of pyridine rings is 1. The van der Waals surface area contributed by atoms with Crippen molar-refractivity contribution in [3.05, 3.63) is 29.0 Å². The van der Waals surface area contributed by atoms with Crippen molar-refractivity contribution in [2.75, 3.05) is 0 Å². The summed E-state index contributed by atoms with van der Waals surface area (Å²) in [6.45, 7) is 0. The van der Waals surface area contributed by atoms with Gasteiger partial charge >= 0.3 is 0 Å². The van der Waals surface area contributed by atoms with Gasteiger partial charge in [0, 0.05) is 18.5 Å². The minimum Gasteiger partial charge on any atom is -0.241 e. The minimum atomic E-state index is 0.487. The lowest BCUT2D eigenvalue weighted by Gasteiger charge is -1.94. The molecule has 0 saturated carbocycles. The molecule has 0 bridgehead atoms. The number of rotatable bonds is 2. The molecule has 0 aliphatic rings. The molecule has 0 N–H and O–H groups in total. The number of nitrogens with zero attached hydrogens (tertiary/aromatic N) is 2. The van der Waals surface area contributed by atoms with E-state index in [0.717, 1.165) is 5.69 Å². The van der Waals surface area contributed by atoms with E-state index in [2.05, 4.69) is 11.1 Å². The predicted octanol–water partition coefficient (Wildman–Crippen LogP) is 2.19. The SMILES string of the molecule is N#CCCc1cccc(Cl)n1. The highest BCUT2D eigenvalue weighted by Gasteiger charge is 1.93. The lowest BCUT2D eigenvalue weighted by atomic mass is 10.2. The van der Waals surface area contributed by atoms with Crippen molar-refractivity contribution in [3.63, 3.8) is 0 Å². The third-order valence-electron chi connectivity index (χ3n) is 1.27. The summed E-state index contributed by atoms with van der Waals surface area (Å²) < 4.78 is 0. The number of aryl methyl sites for hydroxylation is 1. The van der Waals surface area contributed by atoms with Gasteiger partial charge in [0.05, 0.1) is 6.07 Å². The maximum atomic E-state index is 8.29. The molecule has 11 heavy (non-hydrogen) atoms. The van der Waals surface area contributed by atoms with Crippen LogP contribution >= 0.6 is 11.6 Å². The summed E-state index contributed by atoms with van der Waals surface area (Å²) in [7, 11) is 0. The second-order valence-electron chi connectivity index (χ2n) is 2.11. The molecular weight excluding hydrogens is 160 g/mol. The van der Waals surface area contributed by atoms with Crippen LogP contribution in [0.2, 0.25) is 5.15 Å². The zero-order valence-electron chi connectivity index (χ0n) is 5.92. The van der Waals surface area contributed by atoms with Crippen LogP contribution in [0.25, 0.3) is 0 Å². The van der Waals surface area contributed by atoms with Crippen molar-refractivity contribution in [1.29, 1.82) is 5.26 Å². The molecule has 2 nitrogen and oxygen atoms in total. The third-order valence-corrected chi connectivity index (χ3v) is 1.48. The Morgan fingerprint density at radius 3 is 3.00 bits per heavy atom. The number of halogens is 1. The molecule has 0 aliphatic carbocycles. The molecule has 3 heteroatoms. The van der Waals surface area contributed by atoms with Crippen molar-refractivity contribution >= 4 is 11.6 Å². The second-order valence-corrected chi connectivity index (χ2v) is 2.50. The Morgan fingerprint density at radius 2 is 2.36 bits per heavy atom. The zero-order chi connectivity index (χ0) is 8.10. The molecule has 0 atom stereocenters. The van der Waals surface area contributed by atoms with Gasteiger partial charge in [-0.2, -0.15) is 5.26 Å². The Balaban J connectivity index is 2.65. The summed E-state index contributed by atoms with van der Waals surface area (Å²) in [6, 6.07) is 7.47. The van der Waals surface area contributed by atoms with E-state index in [-0.39, 0.29) is 0 Å². The van der Waals surface area contributed by atoms with Crippen LogP contribution in [0.1, 0.15) is 12.1 Å². The molecule has 56 valence electrons. The van der Waals surface area contributed by atoms with E-state index in [1.165, 1.54) is 0 Å². The molecule has 1 aromatic rings. The van der Waals surface area contributed by atoms with E-state index in [1.807, 2.05) is 12.1 Å².